The van der Waals surface area contributed by atoms with Crippen LogP contribution in [0.4, 0.5) is 4.39 Å². The first-order chi connectivity index (χ1) is 10.1. The molecule has 2 rings (SSSR count). The second-order valence-corrected chi connectivity index (χ2v) is 7.32. The number of hydrogen-bond acceptors (Lipinski definition) is 0. The van der Waals surface area contributed by atoms with Crippen LogP contribution in [0.15, 0.2) is 18.2 Å². The smallest absolute Gasteiger partial charge is 0.142 e. The average molecular weight is 331 g/mol. The lowest BCUT2D eigenvalue weighted by molar-refractivity contribution is 0.166. The van der Waals surface area contributed by atoms with E-state index in [9.17, 15) is 4.39 Å². The van der Waals surface area contributed by atoms with Gasteiger partial charge in [0.2, 0.25) is 0 Å². The highest BCUT2D eigenvalue weighted by Gasteiger charge is 2.34. The predicted molar refractivity (Wildman–Crippen MR) is 89.8 cm³/mol. The van der Waals surface area contributed by atoms with Crippen molar-refractivity contribution >= 4 is 23.2 Å². The monoisotopic (exact) mass is 330 g/mol. The van der Waals surface area contributed by atoms with E-state index < -0.39 is 0 Å². The summed E-state index contributed by atoms with van der Waals surface area (Å²) in [5.41, 5.74) is 1.16. The molecule has 0 nitrogen and oxygen atoms in total. The van der Waals surface area contributed by atoms with Crippen molar-refractivity contribution in [3.05, 3.63) is 34.6 Å². The lowest BCUT2D eigenvalue weighted by Gasteiger charge is -2.39. The van der Waals surface area contributed by atoms with Gasteiger partial charge < -0.3 is 0 Å². The highest BCUT2D eigenvalue weighted by molar-refractivity contribution is 6.30. The molecule has 0 heterocycles. The van der Waals surface area contributed by atoms with Crippen LogP contribution in [0.1, 0.15) is 57.4 Å². The summed E-state index contributed by atoms with van der Waals surface area (Å²) in [7, 11) is 0. The van der Waals surface area contributed by atoms with Gasteiger partial charge in [0, 0.05) is 5.88 Å². The molecule has 0 saturated heterocycles. The molecule has 3 heteroatoms. The van der Waals surface area contributed by atoms with Gasteiger partial charge in [-0.3, -0.25) is 0 Å². The summed E-state index contributed by atoms with van der Waals surface area (Å²) < 4.78 is 13.6. The Labute approximate surface area is 138 Å². The van der Waals surface area contributed by atoms with Crippen LogP contribution in [-0.4, -0.2) is 5.88 Å². The maximum atomic E-state index is 13.6. The molecule has 1 aromatic carbocycles. The molecule has 0 atom stereocenters. The number of rotatable bonds is 6. The Bertz CT molecular complexity index is 451. The van der Waals surface area contributed by atoms with Gasteiger partial charge in [-0.2, -0.15) is 0 Å². The molecule has 0 bridgehead atoms. The quantitative estimate of drug-likeness (QED) is 0.513. The lowest BCUT2D eigenvalue weighted by atomic mass is 9.68. The summed E-state index contributed by atoms with van der Waals surface area (Å²) in [6.45, 7) is 2.25. The number of halogens is 3. The van der Waals surface area contributed by atoms with Gasteiger partial charge in [0.15, 0.2) is 0 Å². The Hall–Kier alpha value is -0.270. The van der Waals surface area contributed by atoms with E-state index in [4.69, 9.17) is 23.2 Å². The molecule has 1 aliphatic carbocycles. The second-order valence-electron chi connectivity index (χ2n) is 6.64. The maximum absolute atomic E-state index is 13.6. The van der Waals surface area contributed by atoms with Gasteiger partial charge >= 0.3 is 0 Å². The minimum atomic E-state index is -0.324. The third-order valence-corrected chi connectivity index (χ3v) is 5.85. The Morgan fingerprint density at radius 1 is 1.29 bits per heavy atom. The fourth-order valence-corrected chi connectivity index (χ4v) is 3.99. The van der Waals surface area contributed by atoms with Gasteiger partial charge in [0.05, 0.1) is 5.02 Å². The Morgan fingerprint density at radius 3 is 2.57 bits per heavy atom. The summed E-state index contributed by atoms with van der Waals surface area (Å²) in [5.74, 6) is 1.20. The molecular formula is C18H25Cl2F. The van der Waals surface area contributed by atoms with Crippen molar-refractivity contribution in [3.63, 3.8) is 0 Å². The van der Waals surface area contributed by atoms with Crippen LogP contribution in [0.3, 0.4) is 0 Å². The van der Waals surface area contributed by atoms with E-state index in [1.165, 1.54) is 32.1 Å². The van der Waals surface area contributed by atoms with Crippen LogP contribution in [0.2, 0.25) is 5.02 Å². The molecule has 0 unspecified atom stereocenters. The SMILES string of the molecule is CCCCC1CCC(CCl)(Cc2ccc(Cl)c(F)c2)CC1. The van der Waals surface area contributed by atoms with Crippen molar-refractivity contribution in [1.29, 1.82) is 0 Å². The molecule has 0 amide bonds. The van der Waals surface area contributed by atoms with E-state index in [0.717, 1.165) is 30.7 Å². The van der Waals surface area contributed by atoms with Gasteiger partial charge in [0.1, 0.15) is 5.82 Å². The van der Waals surface area contributed by atoms with Crippen LogP contribution in [0.5, 0.6) is 0 Å². The van der Waals surface area contributed by atoms with Crippen molar-refractivity contribution in [2.75, 3.05) is 5.88 Å². The van der Waals surface area contributed by atoms with Crippen LogP contribution < -0.4 is 0 Å². The minimum absolute atomic E-state index is 0.143. The summed E-state index contributed by atoms with van der Waals surface area (Å²) in [4.78, 5) is 0. The number of hydrogen-bond donors (Lipinski definition) is 0. The number of alkyl halides is 1. The largest absolute Gasteiger partial charge is 0.205 e. The molecule has 0 aromatic heterocycles. The molecule has 118 valence electrons. The molecule has 1 aliphatic rings. The van der Waals surface area contributed by atoms with E-state index in [0.29, 0.717) is 5.88 Å². The zero-order valence-electron chi connectivity index (χ0n) is 12.8. The zero-order chi connectivity index (χ0) is 15.3. The fourth-order valence-electron chi connectivity index (χ4n) is 3.51. The topological polar surface area (TPSA) is 0 Å². The Morgan fingerprint density at radius 2 is 2.00 bits per heavy atom. The van der Waals surface area contributed by atoms with E-state index in [-0.39, 0.29) is 16.3 Å². The van der Waals surface area contributed by atoms with E-state index in [1.807, 2.05) is 6.07 Å². The van der Waals surface area contributed by atoms with Gasteiger partial charge in [-0.1, -0.05) is 43.9 Å². The van der Waals surface area contributed by atoms with E-state index in [1.54, 1.807) is 12.1 Å². The normalized spacial score (nSPS) is 26.0. The minimum Gasteiger partial charge on any atom is -0.205 e. The average Bonchev–Trinajstić information content (AvgIpc) is 2.50. The summed E-state index contributed by atoms with van der Waals surface area (Å²) in [5, 5.41) is 0.196. The van der Waals surface area contributed by atoms with Crippen molar-refractivity contribution in [1.82, 2.24) is 0 Å². The van der Waals surface area contributed by atoms with Gasteiger partial charge in [0.25, 0.3) is 0 Å². The predicted octanol–water partition coefficient (Wildman–Crippen LogP) is 6.63. The molecular weight excluding hydrogens is 306 g/mol. The second kappa shape index (κ2) is 7.83. The lowest BCUT2D eigenvalue weighted by Crippen LogP contribution is -2.31. The van der Waals surface area contributed by atoms with Crippen molar-refractivity contribution < 1.29 is 4.39 Å². The molecule has 0 aliphatic heterocycles. The first kappa shape index (κ1) is 17.1. The van der Waals surface area contributed by atoms with Gasteiger partial charge in [-0.25, -0.2) is 4.39 Å². The molecule has 1 fully saturated rings. The Kier molecular flexibility index (Phi) is 6.37. The summed E-state index contributed by atoms with van der Waals surface area (Å²) in [6.07, 6.45) is 9.69. The van der Waals surface area contributed by atoms with Crippen molar-refractivity contribution in [2.45, 2.75) is 58.3 Å². The number of unbranched alkanes of at least 4 members (excludes halogenated alkanes) is 1. The first-order valence-electron chi connectivity index (χ1n) is 8.08. The summed E-state index contributed by atoms with van der Waals surface area (Å²) in [6, 6.07) is 5.16. The van der Waals surface area contributed by atoms with Crippen LogP contribution >= 0.6 is 23.2 Å². The first-order valence-corrected chi connectivity index (χ1v) is 9.00. The zero-order valence-corrected chi connectivity index (χ0v) is 14.3. The van der Waals surface area contributed by atoms with Crippen molar-refractivity contribution in [2.24, 2.45) is 11.3 Å². The number of benzene rings is 1. The maximum Gasteiger partial charge on any atom is 0.142 e. The van der Waals surface area contributed by atoms with Crippen LogP contribution in [-0.2, 0) is 6.42 Å². The fraction of sp³-hybridized carbons (Fsp3) is 0.667. The van der Waals surface area contributed by atoms with Gasteiger partial charge in [-0.15, -0.1) is 11.6 Å². The van der Waals surface area contributed by atoms with Gasteiger partial charge in [-0.05, 0) is 61.1 Å². The highest BCUT2D eigenvalue weighted by atomic mass is 35.5. The molecule has 0 N–H and O–H groups in total. The summed E-state index contributed by atoms with van der Waals surface area (Å²) >= 11 is 12.0. The molecule has 0 spiro atoms. The third kappa shape index (κ3) is 4.60. The molecule has 0 radical (unpaired) electrons. The van der Waals surface area contributed by atoms with Crippen molar-refractivity contribution in [3.8, 4) is 0 Å². The standard InChI is InChI=1S/C18H25Cl2F/c1-2-3-4-14-7-9-18(13-19,10-8-14)12-15-5-6-16(20)17(21)11-15/h5-6,11,14H,2-4,7-10,12-13H2,1H3. The molecule has 21 heavy (non-hydrogen) atoms. The highest BCUT2D eigenvalue weighted by Crippen LogP contribution is 2.43. The van der Waals surface area contributed by atoms with Crippen LogP contribution in [0.25, 0.3) is 0 Å². The Balaban J connectivity index is 1.98. The molecule has 1 aromatic rings. The molecule has 1 saturated carbocycles. The van der Waals surface area contributed by atoms with E-state index in [2.05, 4.69) is 6.92 Å². The third-order valence-electron chi connectivity index (χ3n) is 4.98. The van der Waals surface area contributed by atoms with Crippen LogP contribution in [0, 0.1) is 17.2 Å². The van der Waals surface area contributed by atoms with E-state index >= 15 is 0 Å².